The van der Waals surface area contributed by atoms with E-state index in [1.807, 2.05) is 6.07 Å². The van der Waals surface area contributed by atoms with E-state index in [0.717, 1.165) is 24.3 Å². The van der Waals surface area contributed by atoms with Gasteiger partial charge in [-0.1, -0.05) is 48.0 Å². The fourth-order valence-electron chi connectivity index (χ4n) is 3.08. The van der Waals surface area contributed by atoms with Gasteiger partial charge in [0.05, 0.1) is 5.38 Å². The second kappa shape index (κ2) is 5.79. The third-order valence-corrected chi connectivity index (χ3v) is 5.18. The van der Waals surface area contributed by atoms with Gasteiger partial charge in [0.2, 0.25) is 0 Å². The second-order valence-electron chi connectivity index (χ2n) is 5.70. The van der Waals surface area contributed by atoms with Crippen molar-refractivity contribution >= 4 is 23.2 Å². The molecule has 0 saturated carbocycles. The first-order chi connectivity index (χ1) is 9.65. The standard InChI is InChI=1S/C18H18Cl2/c1-12-6-7-14(17(19)10-12)11-15-9-8-13-4-2-3-5-16(13)18(15)20/h2-7,10,15,18H,8-9,11H2,1H3. The molecule has 104 valence electrons. The maximum Gasteiger partial charge on any atom is 0.0619 e. The molecule has 0 nitrogen and oxygen atoms in total. The van der Waals surface area contributed by atoms with E-state index in [0.29, 0.717) is 5.92 Å². The van der Waals surface area contributed by atoms with Crippen molar-refractivity contribution in [1.29, 1.82) is 0 Å². The van der Waals surface area contributed by atoms with Crippen LogP contribution in [0.3, 0.4) is 0 Å². The van der Waals surface area contributed by atoms with Gasteiger partial charge in [0.25, 0.3) is 0 Å². The van der Waals surface area contributed by atoms with Gasteiger partial charge in [0, 0.05) is 5.02 Å². The van der Waals surface area contributed by atoms with E-state index in [2.05, 4.69) is 43.3 Å². The van der Waals surface area contributed by atoms with Crippen LogP contribution in [0.1, 0.15) is 34.1 Å². The molecule has 3 rings (SSSR count). The second-order valence-corrected chi connectivity index (χ2v) is 6.58. The van der Waals surface area contributed by atoms with Crippen LogP contribution >= 0.6 is 23.2 Å². The van der Waals surface area contributed by atoms with Crippen molar-refractivity contribution in [2.45, 2.75) is 31.6 Å². The SMILES string of the molecule is Cc1ccc(CC2CCc3ccccc3C2Cl)c(Cl)c1. The van der Waals surface area contributed by atoms with Crippen molar-refractivity contribution in [1.82, 2.24) is 0 Å². The van der Waals surface area contributed by atoms with Crippen LogP contribution in [-0.4, -0.2) is 0 Å². The normalized spacial score (nSPS) is 21.6. The summed E-state index contributed by atoms with van der Waals surface area (Å²) in [7, 11) is 0. The molecule has 2 unspecified atom stereocenters. The molecule has 0 amide bonds. The largest absolute Gasteiger partial charge is 0.117 e. The Hall–Kier alpha value is -0.980. The first-order valence-electron chi connectivity index (χ1n) is 7.12. The summed E-state index contributed by atoms with van der Waals surface area (Å²) in [6.07, 6.45) is 3.21. The molecule has 1 aliphatic rings. The summed E-state index contributed by atoms with van der Waals surface area (Å²) >= 11 is 13.1. The van der Waals surface area contributed by atoms with Crippen LogP contribution in [0.15, 0.2) is 42.5 Å². The number of hydrogen-bond donors (Lipinski definition) is 0. The number of rotatable bonds is 2. The number of aryl methyl sites for hydroxylation is 2. The van der Waals surface area contributed by atoms with Crippen molar-refractivity contribution in [3.63, 3.8) is 0 Å². The lowest BCUT2D eigenvalue weighted by atomic mass is 9.80. The summed E-state index contributed by atoms with van der Waals surface area (Å²) in [5, 5.41) is 0.963. The summed E-state index contributed by atoms with van der Waals surface area (Å²) in [4.78, 5) is 0. The van der Waals surface area contributed by atoms with E-state index in [9.17, 15) is 0 Å². The highest BCUT2D eigenvalue weighted by atomic mass is 35.5. The number of fused-ring (bicyclic) bond motifs is 1. The minimum Gasteiger partial charge on any atom is -0.117 e. The zero-order valence-electron chi connectivity index (χ0n) is 11.6. The molecular weight excluding hydrogens is 287 g/mol. The smallest absolute Gasteiger partial charge is 0.0619 e. The van der Waals surface area contributed by atoms with Gasteiger partial charge in [0.15, 0.2) is 0 Å². The number of halogens is 2. The summed E-state index contributed by atoms with van der Waals surface area (Å²) in [5.74, 6) is 0.465. The predicted molar refractivity (Wildman–Crippen MR) is 86.7 cm³/mol. The molecule has 0 aromatic heterocycles. The molecule has 0 N–H and O–H groups in total. The topological polar surface area (TPSA) is 0 Å². The molecule has 20 heavy (non-hydrogen) atoms. The summed E-state index contributed by atoms with van der Waals surface area (Å²) in [5.41, 5.74) is 5.12. The van der Waals surface area contributed by atoms with Crippen LogP contribution in [0.4, 0.5) is 0 Å². The highest BCUT2D eigenvalue weighted by molar-refractivity contribution is 6.31. The monoisotopic (exact) mass is 304 g/mol. The quantitative estimate of drug-likeness (QED) is 0.621. The van der Waals surface area contributed by atoms with E-state index in [-0.39, 0.29) is 5.38 Å². The fourth-order valence-corrected chi connectivity index (χ4v) is 3.82. The molecule has 2 aromatic rings. The third-order valence-electron chi connectivity index (χ3n) is 4.24. The molecule has 2 heteroatoms. The van der Waals surface area contributed by atoms with Crippen molar-refractivity contribution in [2.24, 2.45) is 5.92 Å². The third kappa shape index (κ3) is 2.73. The van der Waals surface area contributed by atoms with Crippen LogP contribution in [0.5, 0.6) is 0 Å². The molecular formula is C18H18Cl2. The Bertz CT molecular complexity index is 619. The Balaban J connectivity index is 1.83. The Labute approximate surface area is 130 Å². The van der Waals surface area contributed by atoms with Crippen LogP contribution in [0.25, 0.3) is 0 Å². The first-order valence-corrected chi connectivity index (χ1v) is 7.93. The van der Waals surface area contributed by atoms with Crippen LogP contribution < -0.4 is 0 Å². The van der Waals surface area contributed by atoms with Crippen LogP contribution in [0.2, 0.25) is 5.02 Å². The minimum atomic E-state index is 0.0947. The molecule has 0 fully saturated rings. The zero-order valence-corrected chi connectivity index (χ0v) is 13.1. The lowest BCUT2D eigenvalue weighted by Crippen LogP contribution is -2.19. The molecule has 0 radical (unpaired) electrons. The average Bonchev–Trinajstić information content (AvgIpc) is 2.45. The van der Waals surface area contributed by atoms with Gasteiger partial charge in [-0.2, -0.15) is 0 Å². The number of alkyl halides is 1. The van der Waals surface area contributed by atoms with Crippen molar-refractivity contribution in [3.05, 3.63) is 69.7 Å². The molecule has 0 saturated heterocycles. The number of benzene rings is 2. The van der Waals surface area contributed by atoms with Gasteiger partial charge in [-0.15, -0.1) is 11.6 Å². The molecule has 0 heterocycles. The molecule has 0 bridgehead atoms. The van der Waals surface area contributed by atoms with E-state index < -0.39 is 0 Å². The summed E-state index contributed by atoms with van der Waals surface area (Å²) in [6, 6.07) is 14.8. The fraction of sp³-hybridized carbons (Fsp3) is 0.333. The van der Waals surface area contributed by atoms with Crippen molar-refractivity contribution in [2.75, 3.05) is 0 Å². The predicted octanol–water partition coefficient (Wildman–Crippen LogP) is 5.73. The average molecular weight is 305 g/mol. The van der Waals surface area contributed by atoms with Gasteiger partial charge >= 0.3 is 0 Å². The summed E-state index contributed by atoms with van der Waals surface area (Å²) in [6.45, 7) is 2.07. The summed E-state index contributed by atoms with van der Waals surface area (Å²) < 4.78 is 0. The Kier molecular flexibility index (Phi) is 4.05. The van der Waals surface area contributed by atoms with E-state index in [4.69, 9.17) is 23.2 Å². The van der Waals surface area contributed by atoms with E-state index >= 15 is 0 Å². The molecule has 0 aliphatic heterocycles. The molecule has 2 aromatic carbocycles. The lowest BCUT2D eigenvalue weighted by molar-refractivity contribution is 0.442. The Morgan fingerprint density at radius 3 is 2.75 bits per heavy atom. The minimum absolute atomic E-state index is 0.0947. The van der Waals surface area contributed by atoms with Crippen LogP contribution in [-0.2, 0) is 12.8 Å². The zero-order chi connectivity index (χ0) is 14.1. The van der Waals surface area contributed by atoms with E-state index in [1.54, 1.807) is 0 Å². The van der Waals surface area contributed by atoms with Gasteiger partial charge < -0.3 is 0 Å². The van der Waals surface area contributed by atoms with Crippen molar-refractivity contribution in [3.8, 4) is 0 Å². The van der Waals surface area contributed by atoms with Crippen LogP contribution in [0, 0.1) is 12.8 Å². The van der Waals surface area contributed by atoms with Gasteiger partial charge in [-0.05, 0) is 60.4 Å². The highest BCUT2D eigenvalue weighted by Gasteiger charge is 2.28. The maximum atomic E-state index is 6.70. The first kappa shape index (κ1) is 14.0. The molecule has 2 atom stereocenters. The van der Waals surface area contributed by atoms with Crippen molar-refractivity contribution < 1.29 is 0 Å². The molecule has 1 aliphatic carbocycles. The van der Waals surface area contributed by atoms with Gasteiger partial charge in [-0.25, -0.2) is 0 Å². The number of hydrogen-bond acceptors (Lipinski definition) is 0. The van der Waals surface area contributed by atoms with Gasteiger partial charge in [-0.3, -0.25) is 0 Å². The Morgan fingerprint density at radius 1 is 1.15 bits per heavy atom. The molecule has 0 spiro atoms. The van der Waals surface area contributed by atoms with E-state index in [1.165, 1.54) is 22.3 Å². The Morgan fingerprint density at radius 2 is 1.95 bits per heavy atom. The van der Waals surface area contributed by atoms with Gasteiger partial charge in [0.1, 0.15) is 0 Å². The maximum absolute atomic E-state index is 6.70. The lowest BCUT2D eigenvalue weighted by Gasteiger charge is -2.30. The highest BCUT2D eigenvalue weighted by Crippen LogP contribution is 2.41.